The molecule has 9 nitrogen and oxygen atoms in total. The Morgan fingerprint density at radius 1 is 1.09 bits per heavy atom. The summed E-state index contributed by atoms with van der Waals surface area (Å²) in [5, 5.41) is 36.5. The summed E-state index contributed by atoms with van der Waals surface area (Å²) in [6.07, 6.45) is 0.400. The summed E-state index contributed by atoms with van der Waals surface area (Å²) in [4.78, 5) is 15.8. The molecular formula is C25H39NO8. The number of likely N-dealkylation sites (tertiary alicyclic amines) is 1. The Morgan fingerprint density at radius 2 is 1.82 bits per heavy atom. The number of aliphatic hydroxyl groups excluding tert-OH is 1. The molecule has 1 heterocycles. The van der Waals surface area contributed by atoms with E-state index in [1.807, 2.05) is 6.92 Å². The smallest absolute Gasteiger partial charge is 0.231 e. The number of aliphatic hydroxyl groups is 3. The van der Waals surface area contributed by atoms with Crippen LogP contribution in [0.25, 0.3) is 0 Å². The van der Waals surface area contributed by atoms with Gasteiger partial charge >= 0.3 is 0 Å². The topological polar surface area (TPSA) is 118 Å². The van der Waals surface area contributed by atoms with Crippen LogP contribution in [0.2, 0.25) is 0 Å². The van der Waals surface area contributed by atoms with E-state index >= 15 is 0 Å². The fourth-order valence-corrected chi connectivity index (χ4v) is 10.8. The third-order valence-corrected chi connectivity index (χ3v) is 11.5. The number of ether oxygens (including phenoxy) is 4. The molecule has 6 rings (SSSR count). The number of methoxy groups -OCH3 is 4. The van der Waals surface area contributed by atoms with Crippen molar-refractivity contribution >= 4 is 5.91 Å². The van der Waals surface area contributed by atoms with Crippen LogP contribution >= 0.6 is 0 Å². The van der Waals surface area contributed by atoms with Crippen molar-refractivity contribution in [1.82, 2.24) is 4.90 Å². The summed E-state index contributed by atoms with van der Waals surface area (Å²) >= 11 is 0. The summed E-state index contributed by atoms with van der Waals surface area (Å²) in [5.41, 5.74) is -5.11. The normalized spacial score (nSPS) is 59.0. The highest BCUT2D eigenvalue weighted by Crippen LogP contribution is 2.80. The Labute approximate surface area is 200 Å². The minimum absolute atomic E-state index is 0.0676. The van der Waals surface area contributed by atoms with Gasteiger partial charge in [-0.1, -0.05) is 0 Å². The highest BCUT2D eigenvalue weighted by atomic mass is 16.5. The van der Waals surface area contributed by atoms with Gasteiger partial charge in [-0.15, -0.1) is 0 Å². The highest BCUT2D eigenvalue weighted by molar-refractivity contribution is 5.87. The van der Waals surface area contributed by atoms with Gasteiger partial charge in [-0.3, -0.25) is 4.79 Å². The Kier molecular flexibility index (Phi) is 4.96. The number of amides is 1. The summed E-state index contributed by atoms with van der Waals surface area (Å²) in [6, 6.07) is -0.685. The fraction of sp³-hybridized carbons (Fsp3) is 0.960. The Morgan fingerprint density at radius 3 is 2.38 bits per heavy atom. The molecule has 0 aromatic rings. The molecule has 1 spiro atoms. The SMILES string of the molecule is CCN1C(=O)[C@]2(CO)CC[C@H](OC)[C@]34C1[C@](O)([C@@H](OC)[C@H]23)[C@@]1(O)C[C@H](OC)[C@H]2C[C@@H]4[C@@H]1[C@H]2OC. The second-order valence-electron chi connectivity index (χ2n) is 11.7. The molecule has 3 N–H and O–H groups in total. The number of likely N-dealkylation sites (N-methyl/N-ethyl adjacent to an activating group) is 1. The molecule has 1 unspecified atom stereocenters. The molecule has 34 heavy (non-hydrogen) atoms. The van der Waals surface area contributed by atoms with E-state index < -0.39 is 40.1 Å². The minimum atomic E-state index is -1.76. The lowest BCUT2D eigenvalue weighted by atomic mass is 9.42. The van der Waals surface area contributed by atoms with E-state index in [2.05, 4.69) is 0 Å². The zero-order valence-corrected chi connectivity index (χ0v) is 20.8. The molecule has 6 aliphatic rings. The van der Waals surface area contributed by atoms with Crippen LogP contribution in [0.5, 0.6) is 0 Å². The number of nitrogens with zero attached hydrogens (tertiary/aromatic N) is 1. The van der Waals surface area contributed by atoms with Crippen LogP contribution in [0.15, 0.2) is 0 Å². The first-order valence-corrected chi connectivity index (χ1v) is 12.7. The molecular weight excluding hydrogens is 442 g/mol. The zero-order chi connectivity index (χ0) is 24.4. The lowest BCUT2D eigenvalue weighted by Crippen LogP contribution is -2.82. The first-order valence-electron chi connectivity index (χ1n) is 12.7. The average molecular weight is 482 g/mol. The molecule has 0 aromatic heterocycles. The lowest BCUT2D eigenvalue weighted by Gasteiger charge is -2.69. The van der Waals surface area contributed by atoms with Crippen LogP contribution in [0.1, 0.15) is 32.6 Å². The van der Waals surface area contributed by atoms with Gasteiger partial charge in [-0.25, -0.2) is 0 Å². The minimum Gasteiger partial charge on any atom is -0.395 e. The summed E-state index contributed by atoms with van der Waals surface area (Å²) < 4.78 is 24.2. The second-order valence-corrected chi connectivity index (χ2v) is 11.7. The number of fused-ring (bicyclic) bond motifs is 2. The number of rotatable bonds is 6. The monoisotopic (exact) mass is 481 g/mol. The van der Waals surface area contributed by atoms with Gasteiger partial charge in [0.25, 0.3) is 0 Å². The fourth-order valence-electron chi connectivity index (χ4n) is 10.8. The van der Waals surface area contributed by atoms with E-state index in [4.69, 9.17) is 18.9 Å². The largest absolute Gasteiger partial charge is 0.395 e. The lowest BCUT2D eigenvalue weighted by molar-refractivity contribution is -0.314. The molecule has 1 saturated heterocycles. The van der Waals surface area contributed by atoms with E-state index in [0.717, 1.165) is 6.42 Å². The van der Waals surface area contributed by atoms with Gasteiger partial charge in [0.05, 0.1) is 42.5 Å². The van der Waals surface area contributed by atoms with Crippen molar-refractivity contribution in [3.63, 3.8) is 0 Å². The van der Waals surface area contributed by atoms with Crippen molar-refractivity contribution in [2.24, 2.45) is 34.5 Å². The second kappa shape index (κ2) is 7.15. The predicted molar refractivity (Wildman–Crippen MR) is 119 cm³/mol. The quantitative estimate of drug-likeness (QED) is 0.477. The van der Waals surface area contributed by atoms with Gasteiger partial charge in [0.1, 0.15) is 11.2 Å². The van der Waals surface area contributed by atoms with Crippen LogP contribution in [0, 0.1) is 34.5 Å². The van der Waals surface area contributed by atoms with Gasteiger partial charge < -0.3 is 39.2 Å². The van der Waals surface area contributed by atoms with Crippen molar-refractivity contribution in [3.05, 3.63) is 0 Å². The van der Waals surface area contributed by atoms with E-state index in [1.165, 1.54) is 0 Å². The molecule has 5 aliphatic carbocycles. The standard InChI is InChI=1S/C25H39NO8/c1-6-26-20-24-13-9-12-14(31-2)10-23(29,16(13)17(12)33-4)25(20,30)19(34-5)18(24)22(11-27,21(26)28)8-7-15(24)32-3/h12-20,27,29-30H,6-11H2,1-5H3/t12-,13-,14+,15+,16-,17+,18-,19+,20?,22+,23-,24+,25-/m1/s1. The summed E-state index contributed by atoms with van der Waals surface area (Å²) in [6.45, 7) is 1.95. The van der Waals surface area contributed by atoms with E-state index in [-0.39, 0.29) is 55.0 Å². The predicted octanol–water partition coefficient (Wildman–Crippen LogP) is -0.202. The van der Waals surface area contributed by atoms with Crippen molar-refractivity contribution in [1.29, 1.82) is 0 Å². The molecule has 0 aromatic carbocycles. The summed E-state index contributed by atoms with van der Waals surface area (Å²) in [7, 11) is 6.56. The maximum absolute atomic E-state index is 14.1. The van der Waals surface area contributed by atoms with Crippen molar-refractivity contribution in [2.45, 2.75) is 74.3 Å². The third-order valence-electron chi connectivity index (χ3n) is 11.5. The maximum atomic E-state index is 14.1. The first-order chi connectivity index (χ1) is 16.2. The van der Waals surface area contributed by atoms with Crippen molar-refractivity contribution < 1.29 is 39.1 Å². The van der Waals surface area contributed by atoms with Gasteiger partial charge in [0.15, 0.2) is 0 Å². The third kappa shape index (κ3) is 2.04. The van der Waals surface area contributed by atoms with Crippen LogP contribution in [-0.4, -0.2) is 109 Å². The molecule has 7 bridgehead atoms. The Balaban J connectivity index is 1.71. The van der Waals surface area contributed by atoms with Crippen LogP contribution in [0.4, 0.5) is 0 Å². The number of piperidine rings is 1. The van der Waals surface area contributed by atoms with E-state index in [0.29, 0.717) is 19.4 Å². The van der Waals surface area contributed by atoms with Crippen LogP contribution in [0.3, 0.4) is 0 Å². The first kappa shape index (κ1) is 23.6. The van der Waals surface area contributed by atoms with Crippen LogP contribution < -0.4 is 0 Å². The van der Waals surface area contributed by atoms with Gasteiger partial charge in [0, 0.05) is 64.6 Å². The van der Waals surface area contributed by atoms with Crippen molar-refractivity contribution in [3.8, 4) is 0 Å². The number of carbonyl (C=O) groups is 1. The van der Waals surface area contributed by atoms with Gasteiger partial charge in [-0.05, 0) is 32.1 Å². The van der Waals surface area contributed by atoms with Crippen LogP contribution in [-0.2, 0) is 23.7 Å². The molecule has 9 heteroatoms. The summed E-state index contributed by atoms with van der Waals surface area (Å²) in [5.74, 6) is -0.982. The highest BCUT2D eigenvalue weighted by Gasteiger charge is 2.93. The molecule has 1 aliphatic heterocycles. The Bertz CT molecular complexity index is 887. The molecule has 6 fully saturated rings. The molecule has 192 valence electrons. The Hall–Kier alpha value is -0.810. The number of carbonyl (C=O) groups excluding carboxylic acids is 1. The molecule has 1 amide bonds. The van der Waals surface area contributed by atoms with E-state index in [9.17, 15) is 20.1 Å². The molecule has 0 radical (unpaired) electrons. The number of hydrogen-bond acceptors (Lipinski definition) is 8. The molecule has 13 atom stereocenters. The van der Waals surface area contributed by atoms with E-state index in [1.54, 1.807) is 33.3 Å². The number of hydrogen-bond donors (Lipinski definition) is 3. The van der Waals surface area contributed by atoms with Crippen molar-refractivity contribution in [2.75, 3.05) is 41.6 Å². The van der Waals surface area contributed by atoms with Gasteiger partial charge in [-0.2, -0.15) is 0 Å². The maximum Gasteiger partial charge on any atom is 0.231 e. The zero-order valence-electron chi connectivity index (χ0n) is 20.8. The van der Waals surface area contributed by atoms with Gasteiger partial charge in [0.2, 0.25) is 5.91 Å². The average Bonchev–Trinajstić information content (AvgIpc) is 3.27. The molecule has 5 saturated carbocycles.